The largest absolute Gasteiger partial charge is 0.494 e. The highest BCUT2D eigenvalue weighted by Gasteiger charge is 2.12. The van der Waals surface area contributed by atoms with Crippen LogP contribution in [-0.2, 0) is 11.4 Å². The van der Waals surface area contributed by atoms with Gasteiger partial charge in [0.2, 0.25) is 0 Å². The summed E-state index contributed by atoms with van der Waals surface area (Å²) < 4.78 is 11.4. The molecular weight excluding hydrogens is 424 g/mol. The van der Waals surface area contributed by atoms with Crippen LogP contribution >= 0.6 is 11.6 Å². The minimum absolute atomic E-state index is 0.0680. The van der Waals surface area contributed by atoms with Gasteiger partial charge >= 0.3 is 0 Å². The fourth-order valence-corrected chi connectivity index (χ4v) is 3.21. The van der Waals surface area contributed by atoms with Gasteiger partial charge in [0, 0.05) is 16.3 Å². The summed E-state index contributed by atoms with van der Waals surface area (Å²) >= 11 is 6.15. The van der Waals surface area contributed by atoms with Crippen LogP contribution in [0, 0.1) is 18.3 Å². The summed E-state index contributed by atoms with van der Waals surface area (Å²) in [5.41, 5.74) is 3.19. The number of nitrogens with one attached hydrogen (secondary N) is 1. The van der Waals surface area contributed by atoms with Gasteiger partial charge in [-0.1, -0.05) is 41.4 Å². The Balaban J connectivity index is 1.78. The van der Waals surface area contributed by atoms with Crippen LogP contribution in [0.5, 0.6) is 11.5 Å². The van der Waals surface area contributed by atoms with E-state index in [4.69, 9.17) is 21.1 Å². The number of benzene rings is 3. The molecule has 0 spiro atoms. The maximum atomic E-state index is 12.7. The predicted molar refractivity (Wildman–Crippen MR) is 127 cm³/mol. The number of halogens is 1. The molecule has 3 aromatic carbocycles. The Hall–Kier alpha value is -3.75. The van der Waals surface area contributed by atoms with Crippen molar-refractivity contribution in [3.05, 3.63) is 94.0 Å². The first-order valence-electron chi connectivity index (χ1n) is 10.1. The molecule has 162 valence electrons. The quantitative estimate of drug-likeness (QED) is 0.331. The Labute approximate surface area is 192 Å². The first kappa shape index (κ1) is 22.9. The molecule has 3 rings (SSSR count). The summed E-state index contributed by atoms with van der Waals surface area (Å²) in [6.45, 7) is 4.82. The van der Waals surface area contributed by atoms with E-state index in [1.54, 1.807) is 42.5 Å². The minimum atomic E-state index is -0.527. The number of carbonyl (C=O) groups excluding carboxylic acids is 1. The van der Waals surface area contributed by atoms with Gasteiger partial charge < -0.3 is 14.8 Å². The third-order valence-corrected chi connectivity index (χ3v) is 4.77. The molecule has 0 atom stereocenters. The van der Waals surface area contributed by atoms with Crippen LogP contribution in [0.2, 0.25) is 5.02 Å². The molecule has 0 aliphatic heterocycles. The van der Waals surface area contributed by atoms with E-state index in [0.717, 1.165) is 11.1 Å². The molecule has 1 amide bonds. The highest BCUT2D eigenvalue weighted by atomic mass is 35.5. The van der Waals surface area contributed by atoms with E-state index < -0.39 is 5.91 Å². The molecule has 6 heteroatoms. The summed E-state index contributed by atoms with van der Waals surface area (Å²) in [6, 6.07) is 22.0. The topological polar surface area (TPSA) is 71.3 Å². The summed E-state index contributed by atoms with van der Waals surface area (Å²) in [4.78, 5) is 12.7. The van der Waals surface area contributed by atoms with E-state index in [1.807, 2.05) is 44.2 Å². The lowest BCUT2D eigenvalue weighted by Gasteiger charge is -2.11. The number of carbonyl (C=O) groups is 1. The highest BCUT2D eigenvalue weighted by Crippen LogP contribution is 2.27. The molecule has 32 heavy (non-hydrogen) atoms. The summed E-state index contributed by atoms with van der Waals surface area (Å²) in [7, 11) is 0. The number of nitrogens with zero attached hydrogens (tertiary/aromatic N) is 1. The van der Waals surface area contributed by atoms with Crippen molar-refractivity contribution in [2.45, 2.75) is 20.5 Å². The van der Waals surface area contributed by atoms with Crippen LogP contribution in [0.4, 0.5) is 5.69 Å². The van der Waals surface area contributed by atoms with Gasteiger partial charge in [-0.25, -0.2) is 0 Å². The van der Waals surface area contributed by atoms with Crippen molar-refractivity contribution >= 4 is 29.3 Å². The third-order valence-electron chi connectivity index (χ3n) is 4.54. The van der Waals surface area contributed by atoms with Crippen molar-refractivity contribution in [1.82, 2.24) is 0 Å². The molecule has 0 saturated carbocycles. The van der Waals surface area contributed by atoms with Gasteiger partial charge in [-0.2, -0.15) is 5.26 Å². The smallest absolute Gasteiger partial charge is 0.266 e. The van der Waals surface area contributed by atoms with E-state index >= 15 is 0 Å². The van der Waals surface area contributed by atoms with Gasteiger partial charge in [-0.3, -0.25) is 4.79 Å². The molecule has 1 N–H and O–H groups in total. The van der Waals surface area contributed by atoms with Gasteiger partial charge in [0.25, 0.3) is 5.91 Å². The molecule has 0 fully saturated rings. The molecule has 0 heterocycles. The lowest BCUT2D eigenvalue weighted by Crippen LogP contribution is -2.13. The van der Waals surface area contributed by atoms with E-state index in [-0.39, 0.29) is 5.57 Å². The molecular formula is C26H23ClN2O3. The predicted octanol–water partition coefficient (Wildman–Crippen LogP) is 6.17. The van der Waals surface area contributed by atoms with Gasteiger partial charge in [0.05, 0.1) is 6.61 Å². The Morgan fingerprint density at radius 2 is 1.88 bits per heavy atom. The van der Waals surface area contributed by atoms with Crippen LogP contribution in [0.25, 0.3) is 6.08 Å². The number of nitriles is 1. The van der Waals surface area contributed by atoms with Crippen molar-refractivity contribution in [2.24, 2.45) is 0 Å². The van der Waals surface area contributed by atoms with Crippen LogP contribution in [0.1, 0.15) is 23.6 Å². The Morgan fingerprint density at radius 3 is 2.56 bits per heavy atom. The minimum Gasteiger partial charge on any atom is -0.494 e. The molecule has 0 aliphatic rings. The van der Waals surface area contributed by atoms with Crippen molar-refractivity contribution in [1.29, 1.82) is 5.26 Å². The van der Waals surface area contributed by atoms with E-state index in [9.17, 15) is 10.1 Å². The third kappa shape index (κ3) is 6.37. The summed E-state index contributed by atoms with van der Waals surface area (Å²) in [5.74, 6) is 0.703. The Morgan fingerprint density at radius 1 is 1.09 bits per heavy atom. The second-order valence-corrected chi connectivity index (χ2v) is 7.48. The number of hydrogen-bond acceptors (Lipinski definition) is 4. The average molecular weight is 447 g/mol. The monoisotopic (exact) mass is 446 g/mol. The second-order valence-electron chi connectivity index (χ2n) is 7.04. The van der Waals surface area contributed by atoms with Crippen LogP contribution < -0.4 is 14.8 Å². The first-order valence-corrected chi connectivity index (χ1v) is 10.5. The fourth-order valence-electron chi connectivity index (χ4n) is 3.03. The Kier molecular flexibility index (Phi) is 7.91. The van der Waals surface area contributed by atoms with E-state index in [2.05, 4.69) is 5.32 Å². The molecule has 0 unspecified atom stereocenters. The lowest BCUT2D eigenvalue weighted by atomic mass is 10.1. The number of rotatable bonds is 8. The zero-order valence-corrected chi connectivity index (χ0v) is 18.6. The zero-order chi connectivity index (χ0) is 22.9. The van der Waals surface area contributed by atoms with E-state index in [1.165, 1.54) is 6.08 Å². The normalized spacial score (nSPS) is 10.9. The van der Waals surface area contributed by atoms with Gasteiger partial charge in [0.15, 0.2) is 0 Å². The number of ether oxygens (including phenoxy) is 2. The fraction of sp³-hybridized carbons (Fsp3) is 0.154. The maximum absolute atomic E-state index is 12.7. The summed E-state index contributed by atoms with van der Waals surface area (Å²) in [5, 5.41) is 12.8. The van der Waals surface area contributed by atoms with Gasteiger partial charge in [-0.05, 0) is 68.0 Å². The lowest BCUT2D eigenvalue weighted by molar-refractivity contribution is -0.112. The number of aryl methyl sites for hydroxylation is 1. The maximum Gasteiger partial charge on any atom is 0.266 e. The first-order chi connectivity index (χ1) is 15.5. The molecule has 5 nitrogen and oxygen atoms in total. The molecule has 0 aromatic heterocycles. The molecule has 0 aliphatic carbocycles. The van der Waals surface area contributed by atoms with E-state index in [0.29, 0.717) is 41.0 Å². The molecule has 0 saturated heterocycles. The van der Waals surface area contributed by atoms with Crippen molar-refractivity contribution in [3.63, 3.8) is 0 Å². The number of hydrogen-bond donors (Lipinski definition) is 1. The average Bonchev–Trinajstić information content (AvgIpc) is 2.78. The van der Waals surface area contributed by atoms with Crippen LogP contribution in [0.15, 0.2) is 72.3 Å². The Bertz CT molecular complexity index is 1160. The zero-order valence-electron chi connectivity index (χ0n) is 17.9. The highest BCUT2D eigenvalue weighted by molar-refractivity contribution is 6.30. The standard InChI is InChI=1S/C26H23ClN2O3/c1-3-31-24-10-8-23(9-11-24)29-26(30)21(16-28)14-20-15-22(27)7-12-25(20)32-17-19-6-4-5-18(2)13-19/h4-15H,3,17H2,1-2H3,(H,29,30)/b21-14+. The van der Waals surface area contributed by atoms with Gasteiger partial charge in [0.1, 0.15) is 29.7 Å². The van der Waals surface area contributed by atoms with Crippen molar-refractivity contribution < 1.29 is 14.3 Å². The van der Waals surface area contributed by atoms with Crippen molar-refractivity contribution in [2.75, 3.05) is 11.9 Å². The SMILES string of the molecule is CCOc1ccc(NC(=O)/C(C#N)=C/c2cc(Cl)ccc2OCc2cccc(C)c2)cc1. The van der Waals surface area contributed by atoms with Gasteiger partial charge in [-0.15, -0.1) is 0 Å². The molecule has 0 bridgehead atoms. The van der Waals surface area contributed by atoms with Crippen LogP contribution in [-0.4, -0.2) is 12.5 Å². The second kappa shape index (κ2) is 11.0. The van der Waals surface area contributed by atoms with Crippen molar-refractivity contribution in [3.8, 4) is 17.6 Å². The molecule has 3 aromatic rings. The van der Waals surface area contributed by atoms with Crippen LogP contribution in [0.3, 0.4) is 0 Å². The summed E-state index contributed by atoms with van der Waals surface area (Å²) in [6.07, 6.45) is 1.47. The molecule has 0 radical (unpaired) electrons. The number of amides is 1. The number of anilines is 1.